The molecule has 2 aromatic rings. The number of ether oxygens (including phenoxy) is 1. The number of nitrogens with one attached hydrogen (secondary N) is 1. The van der Waals surface area contributed by atoms with Gasteiger partial charge in [-0.1, -0.05) is 6.07 Å². The Morgan fingerprint density at radius 3 is 2.53 bits per heavy atom. The molecule has 1 unspecified atom stereocenters. The van der Waals surface area contributed by atoms with Gasteiger partial charge in [-0.05, 0) is 61.7 Å². The fraction of sp³-hybridized carbons (Fsp3) is 0.391. The molecule has 1 N–H and O–H groups in total. The number of anilines is 3. The molecule has 2 aliphatic heterocycles. The van der Waals surface area contributed by atoms with Gasteiger partial charge >= 0.3 is 0 Å². The zero-order valence-electron chi connectivity index (χ0n) is 17.3. The van der Waals surface area contributed by atoms with Crippen molar-refractivity contribution in [2.75, 3.05) is 48.0 Å². The summed E-state index contributed by atoms with van der Waals surface area (Å²) in [6, 6.07) is 10.5. The normalized spacial score (nSPS) is 19.3. The van der Waals surface area contributed by atoms with E-state index in [1.807, 2.05) is 36.9 Å². The van der Waals surface area contributed by atoms with Gasteiger partial charge in [-0.2, -0.15) is 0 Å². The van der Waals surface area contributed by atoms with Crippen molar-refractivity contribution in [3.8, 4) is 0 Å². The Kier molecular flexibility index (Phi) is 5.72. The van der Waals surface area contributed by atoms with Gasteiger partial charge in [-0.15, -0.1) is 0 Å². The molecule has 0 bridgehead atoms. The average molecular weight is 411 g/mol. The largest absolute Gasteiger partial charge is 0.378 e. The smallest absolute Gasteiger partial charge is 0.239 e. The van der Waals surface area contributed by atoms with Gasteiger partial charge in [0.1, 0.15) is 11.7 Å². The van der Waals surface area contributed by atoms with E-state index >= 15 is 0 Å². The van der Waals surface area contributed by atoms with E-state index in [-0.39, 0.29) is 5.91 Å². The number of halogens is 1. The lowest BCUT2D eigenvalue weighted by atomic mass is 10.1. The second-order valence-electron chi connectivity index (χ2n) is 7.85. The van der Waals surface area contributed by atoms with Gasteiger partial charge in [0.15, 0.2) is 0 Å². The van der Waals surface area contributed by atoms with Crippen molar-refractivity contribution in [1.29, 1.82) is 0 Å². The highest BCUT2D eigenvalue weighted by Gasteiger charge is 2.37. The van der Waals surface area contributed by atoms with Crippen molar-refractivity contribution in [3.05, 3.63) is 53.3 Å². The number of morpholine rings is 1. The van der Waals surface area contributed by atoms with Gasteiger partial charge < -0.3 is 19.9 Å². The molecule has 7 heteroatoms. The molecule has 4 rings (SSSR count). The van der Waals surface area contributed by atoms with Crippen molar-refractivity contribution in [1.82, 2.24) is 0 Å². The molecule has 2 aromatic carbocycles. The number of amides is 2. The van der Waals surface area contributed by atoms with Crippen LogP contribution in [0.3, 0.4) is 0 Å². The SMILES string of the molecule is Cc1ccc(N2CCC(C(=O)Nc3ccc(N4CCOCC4)c(F)c3)C2=O)cc1C. The van der Waals surface area contributed by atoms with Crippen LogP contribution in [-0.4, -0.2) is 44.7 Å². The summed E-state index contributed by atoms with van der Waals surface area (Å²) in [7, 11) is 0. The molecule has 158 valence electrons. The van der Waals surface area contributed by atoms with E-state index in [2.05, 4.69) is 5.32 Å². The van der Waals surface area contributed by atoms with E-state index in [9.17, 15) is 14.0 Å². The molecule has 0 radical (unpaired) electrons. The first-order valence-corrected chi connectivity index (χ1v) is 10.3. The summed E-state index contributed by atoms with van der Waals surface area (Å²) in [5.74, 6) is -1.79. The molecular weight excluding hydrogens is 385 g/mol. The van der Waals surface area contributed by atoms with Gasteiger partial charge in [0.05, 0.1) is 18.9 Å². The lowest BCUT2D eigenvalue weighted by Crippen LogP contribution is -2.36. The van der Waals surface area contributed by atoms with E-state index in [1.54, 1.807) is 17.0 Å². The third-order valence-electron chi connectivity index (χ3n) is 5.89. The first-order valence-electron chi connectivity index (χ1n) is 10.3. The van der Waals surface area contributed by atoms with E-state index in [0.29, 0.717) is 50.6 Å². The average Bonchev–Trinajstić information content (AvgIpc) is 3.12. The quantitative estimate of drug-likeness (QED) is 0.785. The standard InChI is InChI=1S/C23H26FN3O3/c1-15-3-5-18(13-16(15)2)27-8-7-19(23(27)29)22(28)25-17-4-6-21(20(24)14-17)26-9-11-30-12-10-26/h3-6,13-14,19H,7-12H2,1-2H3,(H,25,28). The molecule has 2 heterocycles. The van der Waals surface area contributed by atoms with E-state index in [0.717, 1.165) is 16.8 Å². The molecule has 2 aliphatic rings. The Balaban J connectivity index is 1.43. The van der Waals surface area contributed by atoms with Crippen LogP contribution in [0.2, 0.25) is 0 Å². The van der Waals surface area contributed by atoms with Crippen LogP contribution in [0, 0.1) is 25.6 Å². The van der Waals surface area contributed by atoms with Gasteiger partial charge in [0.2, 0.25) is 11.8 Å². The minimum absolute atomic E-state index is 0.221. The number of hydrogen-bond donors (Lipinski definition) is 1. The summed E-state index contributed by atoms with van der Waals surface area (Å²) in [4.78, 5) is 29.1. The summed E-state index contributed by atoms with van der Waals surface area (Å²) in [6.07, 6.45) is 0.436. The highest BCUT2D eigenvalue weighted by molar-refractivity contribution is 6.13. The fourth-order valence-electron chi connectivity index (χ4n) is 3.95. The Bertz CT molecular complexity index is 972. The van der Waals surface area contributed by atoms with E-state index < -0.39 is 17.6 Å². The maximum absolute atomic E-state index is 14.6. The van der Waals surface area contributed by atoms with Crippen molar-refractivity contribution >= 4 is 28.9 Å². The zero-order chi connectivity index (χ0) is 21.3. The molecule has 0 saturated carbocycles. The molecule has 2 saturated heterocycles. The van der Waals surface area contributed by atoms with Crippen LogP contribution in [-0.2, 0) is 14.3 Å². The van der Waals surface area contributed by atoms with Crippen molar-refractivity contribution in [3.63, 3.8) is 0 Å². The molecule has 1 atom stereocenters. The molecular formula is C23H26FN3O3. The molecule has 0 aliphatic carbocycles. The van der Waals surface area contributed by atoms with Crippen LogP contribution in [0.25, 0.3) is 0 Å². The molecule has 2 fully saturated rings. The predicted octanol–water partition coefficient (Wildman–Crippen LogP) is 3.27. The Morgan fingerprint density at radius 1 is 1.07 bits per heavy atom. The second kappa shape index (κ2) is 8.44. The number of hydrogen-bond acceptors (Lipinski definition) is 4. The topological polar surface area (TPSA) is 61.9 Å². The van der Waals surface area contributed by atoms with Gasteiger partial charge in [-0.25, -0.2) is 4.39 Å². The molecule has 0 aromatic heterocycles. The van der Waals surface area contributed by atoms with Crippen LogP contribution in [0.4, 0.5) is 21.5 Å². The van der Waals surface area contributed by atoms with Crippen molar-refractivity contribution in [2.24, 2.45) is 5.92 Å². The number of carbonyl (C=O) groups excluding carboxylic acids is 2. The molecule has 30 heavy (non-hydrogen) atoms. The van der Waals surface area contributed by atoms with Crippen LogP contribution in [0.5, 0.6) is 0 Å². The number of benzene rings is 2. The van der Waals surface area contributed by atoms with Gasteiger partial charge in [0, 0.05) is 31.0 Å². The maximum atomic E-state index is 14.6. The molecule has 0 spiro atoms. The van der Waals surface area contributed by atoms with E-state index in [1.165, 1.54) is 6.07 Å². The fourth-order valence-corrected chi connectivity index (χ4v) is 3.95. The monoisotopic (exact) mass is 411 g/mol. The third-order valence-corrected chi connectivity index (χ3v) is 5.89. The summed E-state index contributed by atoms with van der Waals surface area (Å²) in [6.45, 7) is 6.91. The number of rotatable bonds is 4. The number of nitrogens with zero attached hydrogens (tertiary/aromatic N) is 2. The summed E-state index contributed by atoms with van der Waals surface area (Å²) >= 11 is 0. The van der Waals surface area contributed by atoms with Gasteiger partial charge in [-0.3, -0.25) is 9.59 Å². The third kappa shape index (κ3) is 4.03. The Labute approximate surface area is 175 Å². The van der Waals surface area contributed by atoms with E-state index in [4.69, 9.17) is 4.74 Å². The Morgan fingerprint density at radius 2 is 1.83 bits per heavy atom. The first-order chi connectivity index (χ1) is 14.4. The first kappa shape index (κ1) is 20.3. The van der Waals surface area contributed by atoms with Crippen LogP contribution in [0.1, 0.15) is 17.5 Å². The highest BCUT2D eigenvalue weighted by atomic mass is 19.1. The summed E-state index contributed by atoms with van der Waals surface area (Å²) < 4.78 is 19.9. The Hall–Kier alpha value is -2.93. The zero-order valence-corrected chi connectivity index (χ0v) is 17.3. The molecule has 2 amide bonds. The maximum Gasteiger partial charge on any atom is 0.239 e. The van der Waals surface area contributed by atoms with Crippen molar-refractivity contribution in [2.45, 2.75) is 20.3 Å². The van der Waals surface area contributed by atoms with Crippen LogP contribution >= 0.6 is 0 Å². The lowest BCUT2D eigenvalue weighted by molar-refractivity contribution is -0.129. The second-order valence-corrected chi connectivity index (χ2v) is 7.85. The van der Waals surface area contributed by atoms with Crippen LogP contribution < -0.4 is 15.1 Å². The van der Waals surface area contributed by atoms with Gasteiger partial charge in [0.25, 0.3) is 0 Å². The lowest BCUT2D eigenvalue weighted by Gasteiger charge is -2.29. The van der Waals surface area contributed by atoms with Crippen molar-refractivity contribution < 1.29 is 18.7 Å². The minimum atomic E-state index is -0.770. The number of aryl methyl sites for hydroxylation is 2. The summed E-state index contributed by atoms with van der Waals surface area (Å²) in [5, 5.41) is 2.71. The van der Waals surface area contributed by atoms with Crippen LogP contribution in [0.15, 0.2) is 36.4 Å². The molecule has 6 nitrogen and oxygen atoms in total. The number of carbonyl (C=O) groups is 2. The predicted molar refractivity (Wildman–Crippen MR) is 114 cm³/mol. The highest BCUT2D eigenvalue weighted by Crippen LogP contribution is 2.29. The minimum Gasteiger partial charge on any atom is -0.378 e. The summed E-state index contributed by atoms with van der Waals surface area (Å²) in [5.41, 5.74) is 3.91.